The molecule has 1 aliphatic heterocycles. The van der Waals surface area contributed by atoms with Gasteiger partial charge >= 0.3 is 0 Å². The lowest BCUT2D eigenvalue weighted by Gasteiger charge is -2.37. The number of benzene rings is 2. The molecule has 1 heterocycles. The molecule has 0 amide bonds. The smallest absolute Gasteiger partial charge is 0.271 e. The molecule has 0 atom stereocenters. The van der Waals surface area contributed by atoms with Gasteiger partial charge in [0, 0.05) is 44.0 Å². The van der Waals surface area contributed by atoms with Gasteiger partial charge in [0.1, 0.15) is 10.7 Å². The summed E-state index contributed by atoms with van der Waals surface area (Å²) in [5.41, 5.74) is 1.60. The van der Waals surface area contributed by atoms with E-state index in [0.29, 0.717) is 23.6 Å². The maximum atomic E-state index is 10.9. The molecule has 24 heavy (non-hydrogen) atoms. The molecule has 2 aromatic rings. The summed E-state index contributed by atoms with van der Waals surface area (Å²) < 4.78 is 0. The van der Waals surface area contributed by atoms with Crippen molar-refractivity contribution in [2.24, 2.45) is 0 Å². The molecular weight excluding hydrogens is 326 g/mol. The van der Waals surface area contributed by atoms with Crippen LogP contribution >= 0.6 is 12.2 Å². The van der Waals surface area contributed by atoms with Gasteiger partial charge in [-0.05, 0) is 18.2 Å². The molecule has 0 bridgehead atoms. The number of phenolic OH excluding ortho intramolecular Hbond substituents is 1. The fraction of sp³-hybridized carbons (Fsp3) is 0.235. The van der Waals surface area contributed by atoms with E-state index in [1.165, 1.54) is 6.07 Å². The quantitative estimate of drug-likeness (QED) is 0.525. The molecule has 7 heteroatoms. The summed E-state index contributed by atoms with van der Waals surface area (Å²) in [4.78, 5) is 15.3. The predicted octanol–water partition coefficient (Wildman–Crippen LogP) is 2.80. The molecule has 1 N–H and O–H groups in total. The van der Waals surface area contributed by atoms with E-state index in [1.807, 2.05) is 18.2 Å². The Kier molecular flexibility index (Phi) is 4.61. The highest BCUT2D eigenvalue weighted by Crippen LogP contribution is 2.24. The van der Waals surface area contributed by atoms with Gasteiger partial charge in [-0.3, -0.25) is 10.1 Å². The number of aromatic hydroxyl groups is 1. The topological polar surface area (TPSA) is 69.9 Å². The highest BCUT2D eigenvalue weighted by molar-refractivity contribution is 7.80. The van der Waals surface area contributed by atoms with E-state index in [4.69, 9.17) is 12.2 Å². The Balaban J connectivity index is 1.68. The van der Waals surface area contributed by atoms with Crippen LogP contribution in [0.2, 0.25) is 0 Å². The Morgan fingerprint density at radius 1 is 1.08 bits per heavy atom. The van der Waals surface area contributed by atoms with E-state index in [0.717, 1.165) is 18.8 Å². The van der Waals surface area contributed by atoms with E-state index in [9.17, 15) is 15.2 Å². The molecule has 1 saturated heterocycles. The van der Waals surface area contributed by atoms with Crippen molar-refractivity contribution in [3.8, 4) is 5.75 Å². The summed E-state index contributed by atoms with van der Waals surface area (Å²) in [6.45, 7) is 2.84. The number of piperazine rings is 1. The average molecular weight is 343 g/mol. The van der Waals surface area contributed by atoms with E-state index < -0.39 is 0 Å². The minimum atomic E-state index is -0.382. The maximum Gasteiger partial charge on any atom is 0.271 e. The number of thiocarbonyl (C=S) groups is 1. The fourth-order valence-corrected chi connectivity index (χ4v) is 3.15. The third kappa shape index (κ3) is 3.30. The number of para-hydroxylation sites is 1. The molecule has 0 saturated carbocycles. The summed E-state index contributed by atoms with van der Waals surface area (Å²) in [6.07, 6.45) is 0. The van der Waals surface area contributed by atoms with Crippen molar-refractivity contribution < 1.29 is 10.0 Å². The first-order valence-corrected chi connectivity index (χ1v) is 8.04. The third-order valence-electron chi connectivity index (χ3n) is 4.11. The van der Waals surface area contributed by atoms with Crippen LogP contribution in [0.4, 0.5) is 11.4 Å². The molecule has 0 unspecified atom stereocenters. The van der Waals surface area contributed by atoms with Crippen molar-refractivity contribution in [2.75, 3.05) is 31.1 Å². The van der Waals surface area contributed by atoms with Crippen molar-refractivity contribution in [3.05, 3.63) is 64.2 Å². The zero-order valence-electron chi connectivity index (χ0n) is 13.0. The van der Waals surface area contributed by atoms with Crippen LogP contribution in [-0.2, 0) is 0 Å². The van der Waals surface area contributed by atoms with Crippen molar-refractivity contribution in [2.45, 2.75) is 0 Å². The largest absolute Gasteiger partial charge is 0.507 e. The molecule has 3 rings (SSSR count). The van der Waals surface area contributed by atoms with Gasteiger partial charge in [0.15, 0.2) is 0 Å². The van der Waals surface area contributed by atoms with Gasteiger partial charge in [-0.15, -0.1) is 0 Å². The Morgan fingerprint density at radius 2 is 1.79 bits per heavy atom. The zero-order valence-corrected chi connectivity index (χ0v) is 13.8. The lowest BCUT2D eigenvalue weighted by Crippen LogP contribution is -2.48. The number of non-ortho nitro benzene ring substituents is 1. The summed E-state index contributed by atoms with van der Waals surface area (Å²) in [7, 11) is 0. The minimum Gasteiger partial charge on any atom is -0.507 e. The molecule has 2 aromatic carbocycles. The van der Waals surface area contributed by atoms with E-state index in [-0.39, 0.29) is 16.4 Å². The first-order valence-electron chi connectivity index (χ1n) is 7.63. The van der Waals surface area contributed by atoms with Crippen molar-refractivity contribution in [1.29, 1.82) is 0 Å². The lowest BCUT2D eigenvalue weighted by molar-refractivity contribution is -0.384. The van der Waals surface area contributed by atoms with Crippen LogP contribution in [0.1, 0.15) is 5.56 Å². The first-order chi connectivity index (χ1) is 11.6. The number of hydrogen-bond acceptors (Lipinski definition) is 5. The molecule has 0 spiro atoms. The minimum absolute atomic E-state index is 0.0969. The zero-order chi connectivity index (χ0) is 17.1. The summed E-state index contributed by atoms with van der Waals surface area (Å²) >= 11 is 5.50. The van der Waals surface area contributed by atoms with E-state index in [1.54, 1.807) is 24.3 Å². The SMILES string of the molecule is O=[N+]([O-])c1cccc(N2CCN(C(=S)c3ccccc3O)CC2)c1. The molecule has 1 aliphatic rings. The maximum absolute atomic E-state index is 10.9. The number of nitrogens with zero attached hydrogens (tertiary/aromatic N) is 3. The van der Waals surface area contributed by atoms with Gasteiger partial charge in [-0.25, -0.2) is 0 Å². The van der Waals surface area contributed by atoms with Gasteiger partial charge in [-0.1, -0.05) is 30.4 Å². The Hall–Kier alpha value is -2.67. The fourth-order valence-electron chi connectivity index (χ4n) is 2.80. The Labute approximate surface area is 145 Å². The predicted molar refractivity (Wildman–Crippen MR) is 96.7 cm³/mol. The van der Waals surface area contributed by atoms with Crippen LogP contribution in [-0.4, -0.2) is 46.1 Å². The van der Waals surface area contributed by atoms with Crippen molar-refractivity contribution in [1.82, 2.24) is 4.90 Å². The molecule has 0 aliphatic carbocycles. The second kappa shape index (κ2) is 6.84. The van der Waals surface area contributed by atoms with Gasteiger partial charge in [0.25, 0.3) is 5.69 Å². The number of nitro groups is 1. The van der Waals surface area contributed by atoms with E-state index in [2.05, 4.69) is 9.80 Å². The molecule has 0 aromatic heterocycles. The van der Waals surface area contributed by atoms with Crippen LogP contribution in [0.3, 0.4) is 0 Å². The van der Waals surface area contributed by atoms with E-state index >= 15 is 0 Å². The molecule has 1 fully saturated rings. The van der Waals surface area contributed by atoms with Crippen molar-refractivity contribution in [3.63, 3.8) is 0 Å². The second-order valence-corrected chi connectivity index (χ2v) is 5.96. The number of rotatable bonds is 3. The van der Waals surface area contributed by atoms with Gasteiger partial charge in [-0.2, -0.15) is 0 Å². The molecule has 124 valence electrons. The summed E-state index contributed by atoms with van der Waals surface area (Å²) in [5, 5.41) is 20.8. The summed E-state index contributed by atoms with van der Waals surface area (Å²) in [5.74, 6) is 0.184. The normalized spacial score (nSPS) is 14.5. The van der Waals surface area contributed by atoms with Crippen molar-refractivity contribution >= 4 is 28.6 Å². The second-order valence-electron chi connectivity index (χ2n) is 5.57. The lowest BCUT2D eigenvalue weighted by atomic mass is 10.1. The highest BCUT2D eigenvalue weighted by Gasteiger charge is 2.22. The third-order valence-corrected chi connectivity index (χ3v) is 4.59. The first kappa shape index (κ1) is 16.2. The molecular formula is C17H17N3O3S. The number of phenols is 1. The Morgan fingerprint density at radius 3 is 2.46 bits per heavy atom. The van der Waals surface area contributed by atoms with Crippen LogP contribution < -0.4 is 4.90 Å². The van der Waals surface area contributed by atoms with Crippen LogP contribution in [0.25, 0.3) is 0 Å². The average Bonchev–Trinajstić information content (AvgIpc) is 2.62. The van der Waals surface area contributed by atoms with Crippen LogP contribution in [0, 0.1) is 10.1 Å². The highest BCUT2D eigenvalue weighted by atomic mass is 32.1. The van der Waals surface area contributed by atoms with Gasteiger partial charge in [0.05, 0.1) is 10.5 Å². The monoisotopic (exact) mass is 343 g/mol. The standard InChI is InChI=1S/C17H17N3O3S/c21-16-7-2-1-6-15(16)17(24)19-10-8-18(9-11-19)13-4-3-5-14(12-13)20(22)23/h1-7,12,21H,8-11H2. The molecule has 6 nitrogen and oxygen atoms in total. The Bertz CT molecular complexity index is 773. The number of nitro benzene ring substituents is 1. The van der Waals surface area contributed by atoms with Crippen LogP contribution in [0.15, 0.2) is 48.5 Å². The number of hydrogen-bond donors (Lipinski definition) is 1. The number of anilines is 1. The van der Waals surface area contributed by atoms with Gasteiger partial charge in [0.2, 0.25) is 0 Å². The summed E-state index contributed by atoms with van der Waals surface area (Å²) in [6, 6.07) is 13.7. The van der Waals surface area contributed by atoms with Crippen LogP contribution in [0.5, 0.6) is 5.75 Å². The molecule has 0 radical (unpaired) electrons. The van der Waals surface area contributed by atoms with Gasteiger partial charge < -0.3 is 14.9 Å².